The Kier molecular flexibility index (Phi) is 2.10. The summed E-state index contributed by atoms with van der Waals surface area (Å²) < 4.78 is 1.56. The van der Waals surface area contributed by atoms with Crippen molar-refractivity contribution in [1.82, 2.24) is 14.8 Å². The molecule has 4 nitrogen and oxygen atoms in total. The Morgan fingerprint density at radius 2 is 2.05 bits per heavy atom. The normalized spacial score (nSPS) is 11.4. The van der Waals surface area contributed by atoms with Crippen molar-refractivity contribution in [2.24, 2.45) is 0 Å². The average molecular weight is 267 g/mol. The number of rotatable bonds is 1. The number of hydrogen-bond acceptors (Lipinski definition) is 3. The van der Waals surface area contributed by atoms with Crippen LogP contribution in [0.2, 0.25) is 0 Å². The van der Waals surface area contributed by atoms with Crippen LogP contribution in [0.15, 0.2) is 52.1 Å². The van der Waals surface area contributed by atoms with Crippen LogP contribution < -0.4 is 5.56 Å². The fraction of sp³-hybridized carbons (Fsp3) is 0. The summed E-state index contributed by atoms with van der Waals surface area (Å²) in [5.74, 6) is 0. The van der Waals surface area contributed by atoms with Gasteiger partial charge < -0.3 is 0 Å². The predicted molar refractivity (Wildman–Crippen MR) is 77.1 cm³/mol. The SMILES string of the molecule is O=c1c2cnc3ccccc3c2[nH]n1-c1ccsc1. The van der Waals surface area contributed by atoms with Crippen LogP contribution in [0.1, 0.15) is 0 Å². The van der Waals surface area contributed by atoms with E-state index in [0.29, 0.717) is 5.39 Å². The Labute approximate surface area is 111 Å². The number of para-hydroxylation sites is 1. The van der Waals surface area contributed by atoms with Crippen molar-refractivity contribution < 1.29 is 0 Å². The molecule has 0 saturated carbocycles. The van der Waals surface area contributed by atoms with E-state index in [9.17, 15) is 4.79 Å². The van der Waals surface area contributed by atoms with Gasteiger partial charge in [0.15, 0.2) is 0 Å². The molecule has 0 saturated heterocycles. The third kappa shape index (κ3) is 1.45. The predicted octanol–water partition coefficient (Wildman–Crippen LogP) is 2.93. The number of nitrogens with one attached hydrogen (secondary N) is 1. The highest BCUT2D eigenvalue weighted by Gasteiger charge is 2.11. The molecule has 0 unspecified atom stereocenters. The monoisotopic (exact) mass is 267 g/mol. The summed E-state index contributed by atoms with van der Waals surface area (Å²) in [5, 5.41) is 8.64. The number of aromatic amines is 1. The van der Waals surface area contributed by atoms with Crippen LogP contribution in [0.25, 0.3) is 27.5 Å². The molecule has 0 fully saturated rings. The van der Waals surface area contributed by atoms with Crippen LogP contribution in [0.4, 0.5) is 0 Å². The molecule has 3 heterocycles. The standard InChI is InChI=1S/C14H9N3OS/c18-14-11-7-15-12-4-2-1-3-10(12)13(11)16-17(14)9-5-6-19-8-9/h1-8,16H. The van der Waals surface area contributed by atoms with Crippen molar-refractivity contribution in [2.75, 3.05) is 0 Å². The van der Waals surface area contributed by atoms with Gasteiger partial charge in [0.2, 0.25) is 0 Å². The number of thiophene rings is 1. The van der Waals surface area contributed by atoms with Crippen molar-refractivity contribution in [3.63, 3.8) is 0 Å². The number of benzene rings is 1. The van der Waals surface area contributed by atoms with Crippen molar-refractivity contribution in [1.29, 1.82) is 0 Å². The Morgan fingerprint density at radius 1 is 1.16 bits per heavy atom. The number of H-pyrrole nitrogens is 1. The van der Waals surface area contributed by atoms with Crippen LogP contribution in [-0.4, -0.2) is 14.8 Å². The average Bonchev–Trinajstić information content (AvgIpc) is 3.07. The molecule has 0 atom stereocenters. The fourth-order valence-corrected chi connectivity index (χ4v) is 2.89. The van der Waals surface area contributed by atoms with Crippen LogP contribution in [0.5, 0.6) is 0 Å². The molecule has 5 heteroatoms. The zero-order valence-corrected chi connectivity index (χ0v) is 10.6. The number of pyridine rings is 1. The Hall–Kier alpha value is -2.40. The van der Waals surface area contributed by atoms with E-state index in [4.69, 9.17) is 0 Å². The van der Waals surface area contributed by atoms with E-state index in [0.717, 1.165) is 22.1 Å². The highest BCUT2D eigenvalue weighted by Crippen LogP contribution is 2.20. The lowest BCUT2D eigenvalue weighted by atomic mass is 10.2. The van der Waals surface area contributed by atoms with E-state index in [2.05, 4.69) is 10.1 Å². The molecule has 4 rings (SSSR count). The van der Waals surface area contributed by atoms with Gasteiger partial charge in [0.05, 0.1) is 22.1 Å². The zero-order valence-electron chi connectivity index (χ0n) is 9.83. The maximum absolute atomic E-state index is 12.4. The molecule has 1 aromatic carbocycles. The third-order valence-electron chi connectivity index (χ3n) is 3.20. The highest BCUT2D eigenvalue weighted by molar-refractivity contribution is 7.08. The quantitative estimate of drug-likeness (QED) is 0.576. The van der Waals surface area contributed by atoms with Crippen LogP contribution in [0.3, 0.4) is 0 Å². The van der Waals surface area contributed by atoms with Gasteiger partial charge in [0.25, 0.3) is 5.56 Å². The summed E-state index contributed by atoms with van der Waals surface area (Å²) in [5.41, 5.74) is 2.51. The number of aromatic nitrogens is 3. The third-order valence-corrected chi connectivity index (χ3v) is 3.87. The Bertz CT molecular complexity index is 934. The van der Waals surface area contributed by atoms with E-state index in [1.54, 1.807) is 22.2 Å². The largest absolute Gasteiger partial charge is 0.290 e. The Morgan fingerprint density at radius 3 is 2.89 bits per heavy atom. The lowest BCUT2D eigenvalue weighted by Crippen LogP contribution is -2.13. The summed E-state index contributed by atoms with van der Waals surface area (Å²) in [6.45, 7) is 0. The number of nitrogens with zero attached hydrogens (tertiary/aromatic N) is 2. The van der Waals surface area contributed by atoms with Crippen molar-refractivity contribution >= 4 is 33.1 Å². The van der Waals surface area contributed by atoms with Gasteiger partial charge in [-0.1, -0.05) is 18.2 Å². The molecule has 0 radical (unpaired) electrons. The maximum Gasteiger partial charge on any atom is 0.280 e. The van der Waals surface area contributed by atoms with Gasteiger partial charge in [-0.2, -0.15) is 11.3 Å². The van der Waals surface area contributed by atoms with Gasteiger partial charge in [0.1, 0.15) is 0 Å². The zero-order chi connectivity index (χ0) is 12.8. The smallest absolute Gasteiger partial charge is 0.280 e. The number of fused-ring (bicyclic) bond motifs is 3. The molecule has 19 heavy (non-hydrogen) atoms. The molecule has 0 bridgehead atoms. The fourth-order valence-electron chi connectivity index (χ4n) is 2.27. The van der Waals surface area contributed by atoms with Gasteiger partial charge in [-0.15, -0.1) is 0 Å². The van der Waals surface area contributed by atoms with Gasteiger partial charge >= 0.3 is 0 Å². The second-order valence-corrected chi connectivity index (χ2v) is 5.08. The molecule has 4 aromatic rings. The van der Waals surface area contributed by atoms with E-state index in [1.807, 2.05) is 41.1 Å². The summed E-state index contributed by atoms with van der Waals surface area (Å²) in [6.07, 6.45) is 1.64. The minimum Gasteiger partial charge on any atom is -0.290 e. The second-order valence-electron chi connectivity index (χ2n) is 4.30. The second kappa shape index (κ2) is 3.80. The number of hydrogen-bond donors (Lipinski definition) is 1. The van der Waals surface area contributed by atoms with Crippen LogP contribution in [0, 0.1) is 0 Å². The molecular formula is C14H9N3OS. The van der Waals surface area contributed by atoms with Gasteiger partial charge in [-0.05, 0) is 17.5 Å². The van der Waals surface area contributed by atoms with Crippen molar-refractivity contribution in [2.45, 2.75) is 0 Å². The molecule has 0 aliphatic rings. The van der Waals surface area contributed by atoms with E-state index < -0.39 is 0 Å². The first kappa shape index (κ1) is 10.5. The molecule has 3 aromatic heterocycles. The minimum atomic E-state index is -0.0633. The van der Waals surface area contributed by atoms with Crippen molar-refractivity contribution in [3.8, 4) is 5.69 Å². The Balaban J connectivity index is 2.17. The van der Waals surface area contributed by atoms with E-state index in [1.165, 1.54) is 0 Å². The first-order chi connectivity index (χ1) is 9.34. The highest BCUT2D eigenvalue weighted by atomic mass is 32.1. The van der Waals surface area contributed by atoms with E-state index >= 15 is 0 Å². The van der Waals surface area contributed by atoms with Gasteiger partial charge in [0, 0.05) is 17.0 Å². The molecule has 0 aliphatic carbocycles. The van der Waals surface area contributed by atoms with Crippen molar-refractivity contribution in [3.05, 3.63) is 57.6 Å². The maximum atomic E-state index is 12.4. The van der Waals surface area contributed by atoms with E-state index in [-0.39, 0.29) is 5.56 Å². The summed E-state index contributed by atoms with van der Waals surface area (Å²) in [4.78, 5) is 16.7. The molecule has 0 spiro atoms. The molecular weight excluding hydrogens is 258 g/mol. The first-order valence-corrected chi connectivity index (χ1v) is 6.80. The van der Waals surface area contributed by atoms with Crippen LogP contribution in [-0.2, 0) is 0 Å². The summed E-state index contributed by atoms with van der Waals surface area (Å²) in [6, 6.07) is 9.71. The lowest BCUT2D eigenvalue weighted by Gasteiger charge is -1.97. The van der Waals surface area contributed by atoms with Crippen LogP contribution >= 0.6 is 11.3 Å². The lowest BCUT2D eigenvalue weighted by molar-refractivity contribution is 0.869. The minimum absolute atomic E-state index is 0.0633. The van der Waals surface area contributed by atoms with Gasteiger partial charge in [-0.25, -0.2) is 4.68 Å². The molecule has 0 amide bonds. The molecule has 92 valence electrons. The first-order valence-electron chi connectivity index (χ1n) is 5.85. The summed E-state index contributed by atoms with van der Waals surface area (Å²) in [7, 11) is 0. The van der Waals surface area contributed by atoms with Gasteiger partial charge in [-0.3, -0.25) is 14.9 Å². The topological polar surface area (TPSA) is 50.7 Å². The summed E-state index contributed by atoms with van der Waals surface area (Å²) >= 11 is 1.56. The molecule has 0 aliphatic heterocycles. The molecule has 1 N–H and O–H groups in total.